The Balaban J connectivity index is 0.000000226. The predicted molar refractivity (Wildman–Crippen MR) is 392 cm³/mol. The number of hydrogen-bond acceptors (Lipinski definition) is 18. The van der Waals surface area contributed by atoms with E-state index in [0.717, 1.165) is 30.4 Å². The highest BCUT2D eigenvalue weighted by atomic mass is 79.9. The van der Waals surface area contributed by atoms with Gasteiger partial charge in [0, 0.05) is 80.2 Å². The van der Waals surface area contributed by atoms with E-state index in [0.29, 0.717) is 73.2 Å². The molecule has 0 spiro atoms. The molecule has 4 bridgehead atoms. The lowest BCUT2D eigenvalue weighted by molar-refractivity contribution is -0.183. The minimum Gasteiger partial charge on any atom is -0.496 e. The topological polar surface area (TPSA) is 282 Å². The van der Waals surface area contributed by atoms with Crippen molar-refractivity contribution >= 4 is 63.6 Å². The fraction of sp³-hybridized carbons (Fsp3) is 0.632. The van der Waals surface area contributed by atoms with E-state index in [2.05, 4.69) is 68.1 Å². The summed E-state index contributed by atoms with van der Waals surface area (Å²) in [6.07, 6.45) is 0.684. The molecule has 6 saturated carbocycles. The molecule has 4 aromatic carbocycles. The van der Waals surface area contributed by atoms with Crippen LogP contribution in [0.25, 0.3) is 11.1 Å². The zero-order chi connectivity index (χ0) is 73.9. The number of nitrogens with zero attached hydrogens (tertiary/aromatic N) is 4. The summed E-state index contributed by atoms with van der Waals surface area (Å²) in [6, 6.07) is 13.3. The highest BCUT2D eigenvalue weighted by Crippen LogP contribution is 2.62. The Morgan fingerprint density at radius 3 is 1.39 bits per heavy atom. The maximum atomic E-state index is 15.3. The fourth-order valence-corrected chi connectivity index (χ4v) is 17.4. The molecule has 0 radical (unpaired) electrons. The molecule has 22 nitrogen and oxygen atoms in total. The number of ether oxygens (including phenoxy) is 2. The first-order valence-electron chi connectivity index (χ1n) is 34.6. The summed E-state index contributed by atoms with van der Waals surface area (Å²) in [7, 11) is 9.67. The number of rotatable bonds is 20. The number of fused-ring (bicyclic) bond motifs is 4. The molecule has 26 heteroatoms. The van der Waals surface area contributed by atoms with E-state index in [1.165, 1.54) is 67.2 Å². The minimum absolute atomic E-state index is 0. The fourth-order valence-electron chi connectivity index (χ4n) is 16.8. The predicted octanol–water partition coefficient (Wildman–Crippen LogP) is 10.2. The summed E-state index contributed by atoms with van der Waals surface area (Å²) < 4.78 is 53.1. The van der Waals surface area contributed by atoms with Gasteiger partial charge in [0.1, 0.15) is 47.4 Å². The van der Waals surface area contributed by atoms with Gasteiger partial charge in [-0.25, -0.2) is 18.4 Å². The lowest BCUT2D eigenvalue weighted by Gasteiger charge is -2.62. The molecule has 3 aliphatic heterocycles. The van der Waals surface area contributed by atoms with Gasteiger partial charge in [-0.3, -0.25) is 19.3 Å². The normalized spacial score (nSPS) is 28.9. The highest BCUT2D eigenvalue weighted by Gasteiger charge is 2.60. The van der Waals surface area contributed by atoms with Crippen LogP contribution in [0.2, 0.25) is 0 Å². The van der Waals surface area contributed by atoms with Gasteiger partial charge in [-0.2, -0.15) is 10.1 Å². The summed E-state index contributed by atoms with van der Waals surface area (Å²) in [5.41, 5.74) is 3.67. The van der Waals surface area contributed by atoms with Gasteiger partial charge in [0.2, 0.25) is 11.8 Å². The number of benzene rings is 4. The number of amides is 2. The van der Waals surface area contributed by atoms with Crippen LogP contribution in [0.15, 0.2) is 65.1 Å². The number of carboxylic acid groups (broad SMARTS) is 2. The lowest BCUT2D eigenvalue weighted by Crippen LogP contribution is -2.62. The van der Waals surface area contributed by atoms with Crippen molar-refractivity contribution in [3.05, 3.63) is 99.0 Å². The van der Waals surface area contributed by atoms with Crippen molar-refractivity contribution in [2.24, 2.45) is 58.2 Å². The van der Waals surface area contributed by atoms with Crippen molar-refractivity contribution in [1.82, 2.24) is 20.8 Å². The number of methoxy groups -OCH3 is 2. The van der Waals surface area contributed by atoms with Crippen LogP contribution in [-0.4, -0.2) is 187 Å². The molecule has 2 amide bonds. The first-order chi connectivity index (χ1) is 46.7. The number of hydroxylamine groups is 4. The van der Waals surface area contributed by atoms with E-state index in [9.17, 15) is 54.2 Å². The second-order valence-electron chi connectivity index (χ2n) is 31.3. The van der Waals surface area contributed by atoms with E-state index in [1.54, 1.807) is 51.0 Å². The molecule has 566 valence electrons. The molecule has 4 aromatic rings. The van der Waals surface area contributed by atoms with Crippen molar-refractivity contribution in [2.75, 3.05) is 65.4 Å². The van der Waals surface area contributed by atoms with Crippen LogP contribution in [0.4, 0.5) is 20.2 Å². The zero-order valence-corrected chi connectivity index (χ0v) is 62.5. The smallest absolute Gasteiger partial charge is 0.494 e. The summed E-state index contributed by atoms with van der Waals surface area (Å²) in [4.78, 5) is 66.6. The number of anilines is 2. The maximum Gasteiger partial charge on any atom is 0.494 e. The van der Waals surface area contributed by atoms with E-state index < -0.39 is 96.8 Å². The quantitative estimate of drug-likeness (QED) is 0.0382. The number of aliphatic hydroxyl groups is 4. The molecule has 102 heavy (non-hydrogen) atoms. The number of carboxylic acids is 2. The molecule has 9 fully saturated rings. The van der Waals surface area contributed by atoms with Gasteiger partial charge in [0.15, 0.2) is 0 Å². The molecular formula is C76H112BBrF2N6O16. The maximum absolute atomic E-state index is 15.3. The Bertz CT molecular complexity index is 3640. The molecule has 3 heterocycles. The number of nitrogens with one attached hydrogen (secondary N) is 2. The van der Waals surface area contributed by atoms with Crippen LogP contribution in [0.3, 0.4) is 0 Å². The molecule has 0 aromatic heterocycles. The second-order valence-corrected chi connectivity index (χ2v) is 32.1. The Morgan fingerprint density at radius 2 is 1.02 bits per heavy atom. The average molecular weight is 1490 g/mol. The number of aromatic carboxylic acids is 2. The van der Waals surface area contributed by atoms with E-state index in [1.807, 2.05) is 52.8 Å². The first kappa shape index (κ1) is 83.2. The minimum atomic E-state index is -1.12. The van der Waals surface area contributed by atoms with Gasteiger partial charge in [-0.1, -0.05) is 56.4 Å². The number of hydrogen-bond donors (Lipinski definition) is 8. The van der Waals surface area contributed by atoms with Crippen LogP contribution < -0.4 is 35.4 Å². The third-order valence-electron chi connectivity index (χ3n) is 23.6. The van der Waals surface area contributed by atoms with Gasteiger partial charge in [0.05, 0.1) is 79.5 Å². The monoisotopic (exact) mass is 1490 g/mol. The number of carbonyl (C=O) groups is 4. The first-order valence-corrected chi connectivity index (χ1v) is 35.4. The van der Waals surface area contributed by atoms with Crippen LogP contribution in [0.5, 0.6) is 11.5 Å². The van der Waals surface area contributed by atoms with E-state index >= 15 is 4.39 Å². The van der Waals surface area contributed by atoms with Crippen LogP contribution in [0.1, 0.15) is 155 Å². The van der Waals surface area contributed by atoms with Gasteiger partial charge in [0.25, 0.3) is 0 Å². The van der Waals surface area contributed by atoms with Crippen LogP contribution in [-0.2, 0) is 41.7 Å². The number of aliphatic hydroxyl groups excluding tert-OH is 4. The van der Waals surface area contributed by atoms with Crippen molar-refractivity contribution in [2.45, 2.75) is 196 Å². The molecule has 3 saturated heterocycles. The average Bonchev–Trinajstić information content (AvgIpc) is 0.970. The van der Waals surface area contributed by atoms with Crippen molar-refractivity contribution in [3.63, 3.8) is 0 Å². The molecule has 6 aliphatic carbocycles. The Morgan fingerprint density at radius 1 is 0.618 bits per heavy atom. The third-order valence-corrected chi connectivity index (χ3v) is 24.2. The molecule has 9 aliphatic rings. The second kappa shape index (κ2) is 32.4. The Labute approximate surface area is 610 Å². The molecule has 16 atom stereocenters. The van der Waals surface area contributed by atoms with Crippen molar-refractivity contribution in [1.29, 1.82) is 0 Å². The number of carbonyl (C=O) groups excluding carboxylic acids is 2. The summed E-state index contributed by atoms with van der Waals surface area (Å²) in [5.74, 6) is -1.52. The Hall–Kier alpha value is -6.04. The van der Waals surface area contributed by atoms with Gasteiger partial charge in [-0.05, 0) is 201 Å². The van der Waals surface area contributed by atoms with E-state index in [4.69, 9.17) is 28.5 Å². The van der Waals surface area contributed by atoms with Gasteiger partial charge >= 0.3 is 19.1 Å². The summed E-state index contributed by atoms with van der Waals surface area (Å²) in [5, 5.41) is 69.8. The lowest BCUT2D eigenvalue weighted by atomic mass is 9.45. The molecule has 0 unspecified atom stereocenters. The third kappa shape index (κ3) is 16.6. The summed E-state index contributed by atoms with van der Waals surface area (Å²) >= 11 is 3.32. The number of halogens is 3. The highest BCUT2D eigenvalue weighted by molar-refractivity contribution is 9.10. The summed E-state index contributed by atoms with van der Waals surface area (Å²) in [6.45, 7) is 23.8. The van der Waals surface area contributed by atoms with Crippen molar-refractivity contribution < 1.29 is 87.1 Å². The molecule has 8 N–H and O–H groups in total. The van der Waals surface area contributed by atoms with Crippen molar-refractivity contribution in [3.8, 4) is 22.6 Å². The zero-order valence-electron chi connectivity index (χ0n) is 60.9. The van der Waals surface area contributed by atoms with E-state index in [-0.39, 0.29) is 86.7 Å². The van der Waals surface area contributed by atoms with Crippen LogP contribution >= 0.6 is 15.9 Å². The molecule has 13 rings (SSSR count). The Kier molecular flexibility index (Phi) is 26.4. The van der Waals surface area contributed by atoms with Gasteiger partial charge in [-0.15, -0.1) is 0 Å². The van der Waals surface area contributed by atoms with Gasteiger partial charge < -0.3 is 69.9 Å². The van der Waals surface area contributed by atoms with Crippen LogP contribution in [0, 0.1) is 69.8 Å². The largest absolute Gasteiger partial charge is 0.496 e. The SMILES string of the molecule is C.C.CN(C)c1cc(B2OC(C)(C)C(C)(C)O2)cc(C(=O)O)c1.COc1c(Br)cc(F)cc1CN1O[C@@H](CO)[C@@H]([C@H](C)O)[C@H]1C(=O)N[C@H]1C[C@H]2C[C@@H]([C@@H]1C)C2(C)C.COc1c(CN2O[C@@H](CO)[C@@H]([C@H](C)O)[C@H]2C(=O)N[C@H]2C[C@H]3C[C@@H]([C@@H]2C)C3(C)C)cc(F)cc1-c1cc(C(=O)O)cc(N(C)C)c1. The standard InChI is InChI=1S/C34H46FN3O7.C25H36BrFN2O5.C15H22BNO4.2CH4/c1-17-26-12-22(34(26,3)4)13-27(17)36-32(41)30-29(18(2)40)28(16-39)45-38(30)15-21-9-23(35)14-25(31(21)44-7)19-8-20(33(42)43)11-24(10-19)37(5)6;1-12-17-7-15(25(17,3)4)8-19(12)28-24(32)22-21(13(2)31)20(11-30)34-29(22)10-14-6-16(27)9-18(26)23(14)33-5;1-14(2)15(3,4)21-16(20-14)11-7-10(13(18)19)8-12(9-11)17(5)6;;/h8-11,14,17-18,22,26-30,39-40H,12-13,15-16H2,1-7H3,(H,36,41)(H,42,43);6,9,12-13,15,17,19-22,30-31H,7-8,10-11H2,1-5H3,(H,28,32);7-9H,1-6H3,(H,18,19);2*1H4/t17-,18-,22+,26-,27-,28-,29+,30-;12-,13-,15+,17-,19-,20-,21+,22-;;;/m00.../s1. The molecular weight excluding hydrogens is 1380 g/mol.